The molecule has 98 valence electrons. The summed E-state index contributed by atoms with van der Waals surface area (Å²) < 4.78 is 5.50. The van der Waals surface area contributed by atoms with Crippen molar-refractivity contribution in [3.05, 3.63) is 29.3 Å². The third-order valence-corrected chi connectivity index (χ3v) is 3.09. The lowest BCUT2D eigenvalue weighted by atomic mass is 10.3. The summed E-state index contributed by atoms with van der Waals surface area (Å²) in [6.45, 7) is 3.72. The lowest BCUT2D eigenvalue weighted by Gasteiger charge is -2.27. The van der Waals surface area contributed by atoms with Gasteiger partial charge in [0.1, 0.15) is 5.75 Å². The van der Waals surface area contributed by atoms with Crippen LogP contribution in [0.25, 0.3) is 0 Å². The first-order chi connectivity index (χ1) is 8.75. The van der Waals surface area contributed by atoms with Crippen molar-refractivity contribution in [2.75, 3.05) is 32.8 Å². The van der Waals surface area contributed by atoms with Gasteiger partial charge in [-0.2, -0.15) is 0 Å². The monoisotopic (exact) mass is 268 g/mol. The van der Waals surface area contributed by atoms with Gasteiger partial charge >= 0.3 is 0 Å². The normalized spacial score (nSPS) is 15.5. The molecule has 18 heavy (non-hydrogen) atoms. The Kier molecular flexibility index (Phi) is 4.84. The van der Waals surface area contributed by atoms with Crippen molar-refractivity contribution in [1.29, 1.82) is 0 Å². The molecule has 0 bridgehead atoms. The smallest absolute Gasteiger partial charge is 0.226 e. The van der Waals surface area contributed by atoms with E-state index in [2.05, 4.69) is 5.32 Å². The van der Waals surface area contributed by atoms with Crippen molar-refractivity contribution in [2.45, 2.75) is 6.42 Å². The maximum atomic E-state index is 11.8. The molecule has 1 saturated heterocycles. The Morgan fingerprint density at radius 3 is 2.89 bits per heavy atom. The van der Waals surface area contributed by atoms with Crippen LogP contribution < -0.4 is 10.1 Å². The van der Waals surface area contributed by atoms with Crippen LogP contribution in [0.15, 0.2) is 24.3 Å². The molecule has 1 heterocycles. The molecule has 1 aliphatic heterocycles. The van der Waals surface area contributed by atoms with Crippen LogP contribution in [0.1, 0.15) is 6.42 Å². The van der Waals surface area contributed by atoms with Gasteiger partial charge in [0.15, 0.2) is 0 Å². The first-order valence-corrected chi connectivity index (χ1v) is 6.50. The molecule has 0 aromatic heterocycles. The highest BCUT2D eigenvalue weighted by Gasteiger charge is 2.15. The van der Waals surface area contributed by atoms with Gasteiger partial charge in [-0.15, -0.1) is 0 Å². The van der Waals surface area contributed by atoms with Crippen molar-refractivity contribution >= 4 is 17.5 Å². The average Bonchev–Trinajstić information content (AvgIpc) is 2.40. The number of nitrogens with zero attached hydrogens (tertiary/aromatic N) is 1. The van der Waals surface area contributed by atoms with E-state index in [9.17, 15) is 4.79 Å². The van der Waals surface area contributed by atoms with E-state index in [0.717, 1.165) is 26.2 Å². The molecule has 0 atom stereocenters. The van der Waals surface area contributed by atoms with Crippen LogP contribution in [0.5, 0.6) is 5.75 Å². The number of piperazine rings is 1. The van der Waals surface area contributed by atoms with Crippen LogP contribution in [-0.4, -0.2) is 43.6 Å². The molecule has 0 aliphatic carbocycles. The number of hydrogen-bond donors (Lipinski definition) is 1. The molecule has 1 amide bonds. The van der Waals surface area contributed by atoms with Gasteiger partial charge in [-0.25, -0.2) is 0 Å². The number of ether oxygens (including phenoxy) is 1. The zero-order chi connectivity index (χ0) is 12.8. The Bertz CT molecular complexity index is 406. The van der Waals surface area contributed by atoms with Crippen molar-refractivity contribution in [1.82, 2.24) is 10.2 Å². The second-order valence-electron chi connectivity index (χ2n) is 4.19. The highest BCUT2D eigenvalue weighted by molar-refractivity contribution is 6.30. The first-order valence-electron chi connectivity index (χ1n) is 6.12. The fourth-order valence-corrected chi connectivity index (χ4v) is 2.07. The lowest BCUT2D eigenvalue weighted by molar-refractivity contribution is -0.132. The molecule has 4 nitrogen and oxygen atoms in total. The summed E-state index contributed by atoms with van der Waals surface area (Å²) in [4.78, 5) is 13.7. The number of halogens is 1. The number of benzene rings is 1. The Hall–Kier alpha value is -1.26. The van der Waals surface area contributed by atoms with E-state index in [1.54, 1.807) is 12.1 Å². The van der Waals surface area contributed by atoms with Crippen molar-refractivity contribution in [3.8, 4) is 5.75 Å². The first kappa shape index (κ1) is 13.2. The average molecular weight is 269 g/mol. The number of rotatable bonds is 4. The van der Waals surface area contributed by atoms with E-state index in [4.69, 9.17) is 16.3 Å². The zero-order valence-electron chi connectivity index (χ0n) is 10.2. The van der Waals surface area contributed by atoms with Gasteiger partial charge in [-0.3, -0.25) is 4.79 Å². The van der Waals surface area contributed by atoms with Crippen molar-refractivity contribution < 1.29 is 9.53 Å². The minimum Gasteiger partial charge on any atom is -0.493 e. The van der Waals surface area contributed by atoms with E-state index in [1.807, 2.05) is 17.0 Å². The molecule has 0 saturated carbocycles. The summed E-state index contributed by atoms with van der Waals surface area (Å²) in [5, 5.41) is 3.86. The van der Waals surface area contributed by atoms with Gasteiger partial charge in [0.25, 0.3) is 0 Å². The van der Waals surface area contributed by atoms with Gasteiger partial charge in [-0.05, 0) is 18.2 Å². The molecule has 0 radical (unpaired) electrons. The quantitative estimate of drug-likeness (QED) is 0.901. The maximum absolute atomic E-state index is 11.8. The third-order valence-electron chi connectivity index (χ3n) is 2.85. The number of carbonyl (C=O) groups is 1. The molecule has 1 N–H and O–H groups in total. The van der Waals surface area contributed by atoms with Crippen LogP contribution in [0.2, 0.25) is 5.02 Å². The van der Waals surface area contributed by atoms with E-state index in [1.165, 1.54) is 0 Å². The molecule has 1 fully saturated rings. The van der Waals surface area contributed by atoms with Gasteiger partial charge in [-0.1, -0.05) is 17.7 Å². The summed E-state index contributed by atoms with van der Waals surface area (Å²) in [5.74, 6) is 0.856. The van der Waals surface area contributed by atoms with Crippen LogP contribution in [-0.2, 0) is 4.79 Å². The predicted molar refractivity (Wildman–Crippen MR) is 71.0 cm³/mol. The highest BCUT2D eigenvalue weighted by atomic mass is 35.5. The third kappa shape index (κ3) is 3.89. The van der Waals surface area contributed by atoms with E-state index >= 15 is 0 Å². The largest absolute Gasteiger partial charge is 0.493 e. The highest BCUT2D eigenvalue weighted by Crippen LogP contribution is 2.17. The second kappa shape index (κ2) is 6.61. The lowest BCUT2D eigenvalue weighted by Crippen LogP contribution is -2.46. The fraction of sp³-hybridized carbons (Fsp3) is 0.462. The molecular formula is C13H17ClN2O2. The van der Waals surface area contributed by atoms with Gasteiger partial charge in [0.2, 0.25) is 5.91 Å². The van der Waals surface area contributed by atoms with Crippen LogP contribution in [0.3, 0.4) is 0 Å². The molecule has 0 unspecified atom stereocenters. The Labute approximate surface area is 112 Å². The Balaban J connectivity index is 1.73. The maximum Gasteiger partial charge on any atom is 0.226 e. The minimum atomic E-state index is 0.151. The van der Waals surface area contributed by atoms with E-state index in [0.29, 0.717) is 23.8 Å². The van der Waals surface area contributed by atoms with E-state index < -0.39 is 0 Å². The second-order valence-corrected chi connectivity index (χ2v) is 4.62. The van der Waals surface area contributed by atoms with Gasteiger partial charge in [0.05, 0.1) is 13.0 Å². The number of amides is 1. The molecular weight excluding hydrogens is 252 g/mol. The number of carbonyl (C=O) groups excluding carboxylic acids is 1. The number of nitrogens with one attached hydrogen (secondary N) is 1. The minimum absolute atomic E-state index is 0.151. The Morgan fingerprint density at radius 1 is 1.39 bits per heavy atom. The van der Waals surface area contributed by atoms with Crippen LogP contribution in [0.4, 0.5) is 0 Å². The zero-order valence-corrected chi connectivity index (χ0v) is 10.9. The van der Waals surface area contributed by atoms with Crippen LogP contribution in [0, 0.1) is 0 Å². The van der Waals surface area contributed by atoms with Crippen molar-refractivity contribution in [2.24, 2.45) is 0 Å². The molecule has 0 spiro atoms. The molecule has 5 heteroatoms. The molecule has 2 rings (SSSR count). The van der Waals surface area contributed by atoms with Gasteiger partial charge in [0, 0.05) is 31.2 Å². The summed E-state index contributed by atoms with van der Waals surface area (Å²) >= 11 is 5.85. The van der Waals surface area contributed by atoms with Crippen molar-refractivity contribution in [3.63, 3.8) is 0 Å². The van der Waals surface area contributed by atoms with E-state index in [-0.39, 0.29) is 5.91 Å². The summed E-state index contributed by atoms with van der Waals surface area (Å²) in [7, 11) is 0. The topological polar surface area (TPSA) is 41.6 Å². The predicted octanol–water partition coefficient (Wildman–Crippen LogP) is 1.54. The SMILES string of the molecule is O=C(CCOc1cccc(Cl)c1)N1CCNCC1. The summed E-state index contributed by atoms with van der Waals surface area (Å²) in [5.41, 5.74) is 0. The fourth-order valence-electron chi connectivity index (χ4n) is 1.89. The van der Waals surface area contributed by atoms with Gasteiger partial charge < -0.3 is 15.0 Å². The molecule has 1 aliphatic rings. The van der Waals surface area contributed by atoms with Crippen LogP contribution >= 0.6 is 11.6 Å². The summed E-state index contributed by atoms with van der Waals surface area (Å²) in [6.07, 6.45) is 0.409. The molecule has 1 aromatic carbocycles. The number of hydrogen-bond acceptors (Lipinski definition) is 3. The summed E-state index contributed by atoms with van der Waals surface area (Å²) in [6, 6.07) is 7.20. The standard InChI is InChI=1S/C13H17ClN2O2/c14-11-2-1-3-12(10-11)18-9-4-13(17)16-7-5-15-6-8-16/h1-3,10,15H,4-9H2. The molecule has 1 aromatic rings. The Morgan fingerprint density at radius 2 is 2.17 bits per heavy atom.